The molecular weight excluding hydrogens is 248 g/mol. The summed E-state index contributed by atoms with van der Waals surface area (Å²) >= 11 is 0. The van der Waals surface area contributed by atoms with Crippen molar-refractivity contribution in [1.29, 1.82) is 0 Å². The summed E-state index contributed by atoms with van der Waals surface area (Å²) in [5.41, 5.74) is 1.83. The fourth-order valence-electron chi connectivity index (χ4n) is 1.21. The van der Waals surface area contributed by atoms with E-state index in [2.05, 4.69) is 61.8 Å². The summed E-state index contributed by atoms with van der Waals surface area (Å²) in [6, 6.07) is 10.6. The highest BCUT2D eigenvalue weighted by Gasteiger charge is 2.09. The van der Waals surface area contributed by atoms with Crippen molar-refractivity contribution in [2.45, 2.75) is 27.2 Å². The molecule has 0 aliphatic carbocycles. The first-order valence-electron chi connectivity index (χ1n) is 4.79. The summed E-state index contributed by atoms with van der Waals surface area (Å²) in [4.78, 5) is 0. The van der Waals surface area contributed by atoms with Gasteiger partial charge >= 0.3 is 9.33 Å². The van der Waals surface area contributed by atoms with Gasteiger partial charge in [0.2, 0.25) is 0 Å². The molecule has 0 spiro atoms. The Morgan fingerprint density at radius 2 is 1.56 bits per heavy atom. The van der Waals surface area contributed by atoms with E-state index in [0.717, 1.165) is 6.42 Å². The Balaban J connectivity index is 0.000000385. The second-order valence-corrected chi connectivity index (χ2v) is 6.63. The molecule has 0 unspecified atom stereocenters. The van der Waals surface area contributed by atoms with Crippen molar-refractivity contribution in [2.24, 2.45) is 5.41 Å². The van der Waals surface area contributed by atoms with E-state index in [-0.39, 0.29) is 0 Å². The molecule has 1 aromatic rings. The number of benzene rings is 1. The smallest absolute Gasteiger partial charge is 0.273 e. The zero-order valence-electron chi connectivity index (χ0n) is 9.64. The first-order valence-corrected chi connectivity index (χ1v) is 7.05. The van der Waals surface area contributed by atoms with Crippen molar-refractivity contribution in [2.75, 3.05) is 0 Å². The van der Waals surface area contributed by atoms with Crippen LogP contribution in [-0.2, 0) is 15.8 Å². The molecule has 0 saturated carbocycles. The maximum absolute atomic E-state index is 8.95. The Labute approximate surface area is 102 Å². The van der Waals surface area contributed by atoms with Crippen molar-refractivity contribution in [3.8, 4) is 0 Å². The van der Waals surface area contributed by atoms with Gasteiger partial charge in [-0.25, -0.2) is 0 Å². The monoisotopic (exact) mass is 264 g/mol. The molecule has 5 heteroatoms. The van der Waals surface area contributed by atoms with Gasteiger partial charge in [-0.3, -0.25) is 4.55 Å². The predicted octanol–water partition coefficient (Wildman–Crippen LogP) is 3.30. The fraction of sp³-hybridized carbons (Fsp3) is 0.455. The van der Waals surface area contributed by atoms with Gasteiger partial charge in [0.15, 0.2) is 0 Å². The summed E-state index contributed by atoms with van der Waals surface area (Å²) in [5.74, 6) is 0. The average molecular weight is 265 g/mol. The third-order valence-electron chi connectivity index (χ3n) is 1.58. The van der Waals surface area contributed by atoms with E-state index in [1.165, 1.54) is 5.56 Å². The second kappa shape index (κ2) is 6.23. The highest BCUT2D eigenvalue weighted by molar-refractivity contribution is 8.09. The molecule has 0 fully saturated rings. The fourth-order valence-corrected chi connectivity index (χ4v) is 1.21. The third kappa shape index (κ3) is 13.4. The van der Waals surface area contributed by atoms with Crippen LogP contribution < -0.4 is 0 Å². The molecule has 1 N–H and O–H groups in total. The first-order chi connectivity index (χ1) is 7.08. The minimum atomic E-state index is -4.19. The largest absolute Gasteiger partial charge is 0.353 e. The van der Waals surface area contributed by atoms with E-state index >= 15 is 0 Å². The molecule has 0 aliphatic rings. The molecule has 0 heterocycles. The van der Waals surface area contributed by atoms with Gasteiger partial charge < -0.3 is 0 Å². The van der Waals surface area contributed by atoms with E-state index in [0.29, 0.717) is 5.41 Å². The molecule has 0 atom stereocenters. The topological polar surface area (TPSA) is 54.4 Å². The van der Waals surface area contributed by atoms with Crippen LogP contribution in [0.5, 0.6) is 0 Å². The number of hydrogen-bond donors (Lipinski definition) is 1. The summed E-state index contributed by atoms with van der Waals surface area (Å²) < 4.78 is 25.2. The summed E-state index contributed by atoms with van der Waals surface area (Å²) in [6.07, 6.45) is 1.16. The summed E-state index contributed by atoms with van der Waals surface area (Å²) in [6.45, 7) is 6.79. The molecule has 16 heavy (non-hydrogen) atoms. The van der Waals surface area contributed by atoms with Gasteiger partial charge in [-0.2, -0.15) is 8.42 Å². The third-order valence-corrected chi connectivity index (χ3v) is 1.58. The lowest BCUT2D eigenvalue weighted by atomic mass is 9.88. The van der Waals surface area contributed by atoms with Crippen molar-refractivity contribution < 1.29 is 13.0 Å². The molecule has 0 aliphatic heterocycles. The van der Waals surface area contributed by atoms with Gasteiger partial charge in [0, 0.05) is 10.7 Å². The van der Waals surface area contributed by atoms with Crippen molar-refractivity contribution in [3.05, 3.63) is 35.9 Å². The molecule has 0 radical (unpaired) electrons. The molecule has 0 saturated heterocycles. The van der Waals surface area contributed by atoms with Crippen LogP contribution >= 0.6 is 10.7 Å². The highest BCUT2D eigenvalue weighted by Crippen LogP contribution is 2.19. The lowest BCUT2D eigenvalue weighted by Crippen LogP contribution is -2.08. The summed E-state index contributed by atoms with van der Waals surface area (Å²) in [7, 11) is -0.137. The van der Waals surface area contributed by atoms with Crippen LogP contribution in [0.4, 0.5) is 0 Å². The quantitative estimate of drug-likeness (QED) is 0.625. The zero-order valence-corrected chi connectivity index (χ0v) is 11.2. The van der Waals surface area contributed by atoms with Crippen LogP contribution in [0.3, 0.4) is 0 Å². The Hall–Kier alpha value is -0.580. The molecule has 1 aromatic carbocycles. The maximum atomic E-state index is 8.95. The van der Waals surface area contributed by atoms with Crippen LogP contribution in [0, 0.1) is 5.41 Å². The Bertz CT molecular complexity index is 385. The van der Waals surface area contributed by atoms with Gasteiger partial charge in [-0.15, -0.1) is 0 Å². The van der Waals surface area contributed by atoms with Gasteiger partial charge in [0.05, 0.1) is 0 Å². The van der Waals surface area contributed by atoms with Crippen molar-refractivity contribution in [3.63, 3.8) is 0 Å². The van der Waals surface area contributed by atoms with Gasteiger partial charge in [-0.1, -0.05) is 51.1 Å². The molecule has 92 valence electrons. The van der Waals surface area contributed by atoms with Crippen LogP contribution in [-0.4, -0.2) is 13.0 Å². The van der Waals surface area contributed by atoms with Gasteiger partial charge in [0.25, 0.3) is 0 Å². The maximum Gasteiger partial charge on any atom is 0.353 e. The molecule has 0 amide bonds. The van der Waals surface area contributed by atoms with Crippen LogP contribution in [0.2, 0.25) is 0 Å². The van der Waals surface area contributed by atoms with Crippen molar-refractivity contribution >= 4 is 20.0 Å². The molecule has 3 nitrogen and oxygen atoms in total. The lowest BCUT2D eigenvalue weighted by molar-refractivity contribution is 0.411. The first kappa shape index (κ1) is 15.4. The van der Waals surface area contributed by atoms with E-state index < -0.39 is 9.33 Å². The van der Waals surface area contributed by atoms with E-state index in [1.54, 1.807) is 0 Å². The molecule has 0 aromatic heterocycles. The van der Waals surface area contributed by atoms with Gasteiger partial charge in [-0.05, 0) is 17.4 Å². The highest BCUT2D eigenvalue weighted by atomic mass is 35.7. The van der Waals surface area contributed by atoms with Crippen LogP contribution in [0.25, 0.3) is 0 Å². The normalized spacial score (nSPS) is 11.6. The lowest BCUT2D eigenvalue weighted by Gasteiger charge is -2.17. The second-order valence-electron chi connectivity index (χ2n) is 4.64. The molecule has 0 bridgehead atoms. The minimum Gasteiger partial charge on any atom is -0.273 e. The van der Waals surface area contributed by atoms with Crippen LogP contribution in [0.15, 0.2) is 30.3 Å². The molecule has 1 rings (SSSR count). The van der Waals surface area contributed by atoms with Gasteiger partial charge in [0.1, 0.15) is 0 Å². The summed E-state index contributed by atoms with van der Waals surface area (Å²) in [5, 5.41) is 0. The zero-order chi connectivity index (χ0) is 12.8. The average Bonchev–Trinajstić information content (AvgIpc) is 1.99. The predicted molar refractivity (Wildman–Crippen MR) is 67.0 cm³/mol. The SMILES string of the molecule is CC(C)(C)Cc1ccccc1.O=S(=O)(O)Cl. The number of rotatable bonds is 1. The van der Waals surface area contributed by atoms with Crippen LogP contribution in [0.1, 0.15) is 26.3 Å². The Morgan fingerprint density at radius 1 is 1.19 bits per heavy atom. The molecular formula is C11H17ClO3S. The minimum absolute atomic E-state index is 0.404. The standard InChI is InChI=1S/C11H16.ClHO3S/c1-11(2,3)9-10-7-5-4-6-8-10;1-5(2,3)4/h4-8H,9H2,1-3H3;(H,2,3,4). The Kier molecular flexibility index (Phi) is 6.00. The number of halogens is 1. The number of hydrogen-bond acceptors (Lipinski definition) is 2. The van der Waals surface area contributed by atoms with E-state index in [9.17, 15) is 0 Å². The van der Waals surface area contributed by atoms with E-state index in [1.807, 2.05) is 0 Å². The Morgan fingerprint density at radius 3 is 1.88 bits per heavy atom. The van der Waals surface area contributed by atoms with Crippen molar-refractivity contribution in [1.82, 2.24) is 0 Å². The van der Waals surface area contributed by atoms with E-state index in [4.69, 9.17) is 13.0 Å².